The largest absolute Gasteiger partial charge is 0.461 e. The highest BCUT2D eigenvalue weighted by Crippen LogP contribution is 2.21. The second-order valence-electron chi connectivity index (χ2n) is 4.79. The highest BCUT2D eigenvalue weighted by molar-refractivity contribution is 5.82. The fourth-order valence-electron chi connectivity index (χ4n) is 1.97. The van der Waals surface area contributed by atoms with E-state index >= 15 is 0 Å². The molecule has 0 bridgehead atoms. The molecule has 0 spiro atoms. The van der Waals surface area contributed by atoms with Crippen LogP contribution in [0.5, 0.6) is 0 Å². The van der Waals surface area contributed by atoms with Crippen molar-refractivity contribution >= 4 is 5.97 Å². The highest BCUT2D eigenvalue weighted by atomic mass is 16.6. The van der Waals surface area contributed by atoms with Crippen molar-refractivity contribution in [3.63, 3.8) is 0 Å². The van der Waals surface area contributed by atoms with Crippen molar-refractivity contribution in [3.05, 3.63) is 35.9 Å². The fraction of sp³-hybridized carbons (Fsp3) is 0.500. The molecule has 0 aliphatic carbocycles. The van der Waals surface area contributed by atoms with E-state index in [0.717, 1.165) is 18.4 Å². The summed E-state index contributed by atoms with van der Waals surface area (Å²) in [5.41, 5.74) is 5.76. The Kier molecular flexibility index (Phi) is 3.99. The van der Waals surface area contributed by atoms with E-state index in [4.69, 9.17) is 15.2 Å². The first kappa shape index (κ1) is 13.1. The van der Waals surface area contributed by atoms with E-state index in [9.17, 15) is 4.79 Å². The van der Waals surface area contributed by atoms with Gasteiger partial charge in [0, 0.05) is 12.8 Å². The molecule has 18 heavy (non-hydrogen) atoms. The van der Waals surface area contributed by atoms with Gasteiger partial charge in [-0.25, -0.2) is 4.79 Å². The summed E-state index contributed by atoms with van der Waals surface area (Å²) in [5, 5.41) is 0. The molecule has 4 nitrogen and oxygen atoms in total. The zero-order valence-electron chi connectivity index (χ0n) is 10.6. The summed E-state index contributed by atoms with van der Waals surface area (Å²) in [6.07, 6.45) is 1.42. The lowest BCUT2D eigenvalue weighted by molar-refractivity contribution is -0.159. The van der Waals surface area contributed by atoms with Crippen LogP contribution in [0.15, 0.2) is 30.3 Å². The molecular weight excluding hydrogens is 230 g/mol. The van der Waals surface area contributed by atoms with Gasteiger partial charge in [0.25, 0.3) is 0 Å². The van der Waals surface area contributed by atoms with Crippen LogP contribution >= 0.6 is 0 Å². The van der Waals surface area contributed by atoms with Gasteiger partial charge in [0.15, 0.2) is 0 Å². The van der Waals surface area contributed by atoms with Gasteiger partial charge in [-0.3, -0.25) is 0 Å². The molecular formula is C14H19NO3. The van der Waals surface area contributed by atoms with Crippen LogP contribution in [0.3, 0.4) is 0 Å². The summed E-state index contributed by atoms with van der Waals surface area (Å²) >= 11 is 0. The molecule has 1 saturated heterocycles. The Morgan fingerprint density at radius 1 is 1.33 bits per heavy atom. The Balaban J connectivity index is 2.03. The van der Waals surface area contributed by atoms with Crippen LogP contribution < -0.4 is 5.73 Å². The monoisotopic (exact) mass is 249 g/mol. The number of carbonyl (C=O) groups excluding carboxylic acids is 1. The van der Waals surface area contributed by atoms with Crippen molar-refractivity contribution in [2.75, 3.05) is 13.2 Å². The average Bonchev–Trinajstić information content (AvgIpc) is 2.41. The molecule has 4 heteroatoms. The van der Waals surface area contributed by atoms with Crippen LogP contribution in [0.2, 0.25) is 0 Å². The topological polar surface area (TPSA) is 61.6 Å². The van der Waals surface area contributed by atoms with E-state index in [2.05, 4.69) is 0 Å². The van der Waals surface area contributed by atoms with Crippen molar-refractivity contribution in [2.45, 2.75) is 31.4 Å². The predicted molar refractivity (Wildman–Crippen MR) is 67.9 cm³/mol. The SMILES string of the molecule is CC(N)(C(=O)OC1CCOCC1)c1ccccc1. The van der Waals surface area contributed by atoms with Crippen molar-refractivity contribution in [1.29, 1.82) is 0 Å². The third-order valence-corrected chi connectivity index (χ3v) is 3.24. The van der Waals surface area contributed by atoms with Crippen LogP contribution in [-0.4, -0.2) is 25.3 Å². The molecule has 1 unspecified atom stereocenters. The molecule has 0 radical (unpaired) electrons. The van der Waals surface area contributed by atoms with Gasteiger partial charge < -0.3 is 15.2 Å². The Hall–Kier alpha value is -1.39. The van der Waals surface area contributed by atoms with E-state index in [-0.39, 0.29) is 12.1 Å². The summed E-state index contributed by atoms with van der Waals surface area (Å²) in [6, 6.07) is 9.30. The van der Waals surface area contributed by atoms with Crippen molar-refractivity contribution in [1.82, 2.24) is 0 Å². The minimum Gasteiger partial charge on any atom is -0.461 e. The molecule has 2 N–H and O–H groups in total. The third kappa shape index (κ3) is 2.89. The molecule has 1 fully saturated rings. The summed E-state index contributed by atoms with van der Waals surface area (Å²) < 4.78 is 10.7. The lowest BCUT2D eigenvalue weighted by Gasteiger charge is -2.28. The van der Waals surface area contributed by atoms with Crippen molar-refractivity contribution in [2.24, 2.45) is 5.73 Å². The summed E-state index contributed by atoms with van der Waals surface area (Å²) in [4.78, 5) is 12.1. The van der Waals surface area contributed by atoms with Crippen LogP contribution in [0.1, 0.15) is 25.3 Å². The molecule has 1 aliphatic heterocycles. The molecule has 1 aromatic rings. The summed E-state index contributed by atoms with van der Waals surface area (Å²) in [6.45, 7) is 2.97. The van der Waals surface area contributed by atoms with Gasteiger partial charge in [0.2, 0.25) is 0 Å². The normalized spacial score (nSPS) is 20.1. The van der Waals surface area contributed by atoms with Crippen LogP contribution in [0, 0.1) is 0 Å². The lowest BCUT2D eigenvalue weighted by Crippen LogP contribution is -2.45. The zero-order valence-corrected chi connectivity index (χ0v) is 10.6. The van der Waals surface area contributed by atoms with Gasteiger partial charge in [0.05, 0.1) is 13.2 Å². The smallest absolute Gasteiger partial charge is 0.330 e. The number of nitrogens with two attached hydrogens (primary N) is 1. The lowest BCUT2D eigenvalue weighted by atomic mass is 9.93. The third-order valence-electron chi connectivity index (χ3n) is 3.24. The highest BCUT2D eigenvalue weighted by Gasteiger charge is 2.34. The predicted octanol–water partition coefficient (Wildman–Crippen LogP) is 1.58. The van der Waals surface area contributed by atoms with Gasteiger partial charge in [-0.15, -0.1) is 0 Å². The maximum atomic E-state index is 12.1. The van der Waals surface area contributed by atoms with Crippen molar-refractivity contribution < 1.29 is 14.3 Å². The Labute approximate surface area is 107 Å². The minimum absolute atomic E-state index is 0.0714. The number of esters is 1. The maximum Gasteiger partial charge on any atom is 0.330 e. The second kappa shape index (κ2) is 5.50. The molecule has 1 heterocycles. The van der Waals surface area contributed by atoms with Crippen LogP contribution in [-0.2, 0) is 19.8 Å². The van der Waals surface area contributed by atoms with E-state index in [0.29, 0.717) is 13.2 Å². The quantitative estimate of drug-likeness (QED) is 0.826. The molecule has 1 atom stereocenters. The first-order valence-corrected chi connectivity index (χ1v) is 6.24. The maximum absolute atomic E-state index is 12.1. The number of hydrogen-bond donors (Lipinski definition) is 1. The van der Waals surface area contributed by atoms with E-state index in [1.54, 1.807) is 6.92 Å². The van der Waals surface area contributed by atoms with Crippen LogP contribution in [0.25, 0.3) is 0 Å². The zero-order chi connectivity index (χ0) is 13.0. The van der Waals surface area contributed by atoms with Gasteiger partial charge in [0.1, 0.15) is 11.6 Å². The number of carbonyl (C=O) groups is 1. The standard InChI is InChI=1S/C14H19NO3/c1-14(15,11-5-3-2-4-6-11)13(16)18-12-7-9-17-10-8-12/h2-6,12H,7-10,15H2,1H3. The number of benzene rings is 1. The Morgan fingerprint density at radius 3 is 2.56 bits per heavy atom. The molecule has 0 aromatic heterocycles. The Bertz CT molecular complexity index is 397. The van der Waals surface area contributed by atoms with Gasteiger partial charge in [-0.2, -0.15) is 0 Å². The van der Waals surface area contributed by atoms with E-state index < -0.39 is 5.54 Å². The number of ether oxygens (including phenoxy) is 2. The fourth-order valence-corrected chi connectivity index (χ4v) is 1.97. The second-order valence-corrected chi connectivity index (χ2v) is 4.79. The molecule has 1 aromatic carbocycles. The average molecular weight is 249 g/mol. The number of rotatable bonds is 3. The first-order valence-electron chi connectivity index (χ1n) is 6.24. The molecule has 98 valence electrons. The van der Waals surface area contributed by atoms with Gasteiger partial charge in [-0.1, -0.05) is 30.3 Å². The first-order chi connectivity index (χ1) is 8.60. The molecule has 0 saturated carbocycles. The molecule has 1 aliphatic rings. The van der Waals surface area contributed by atoms with Gasteiger partial charge >= 0.3 is 5.97 Å². The molecule has 0 amide bonds. The van der Waals surface area contributed by atoms with E-state index in [1.165, 1.54) is 0 Å². The number of hydrogen-bond acceptors (Lipinski definition) is 4. The van der Waals surface area contributed by atoms with Crippen LogP contribution in [0.4, 0.5) is 0 Å². The van der Waals surface area contributed by atoms with Crippen molar-refractivity contribution in [3.8, 4) is 0 Å². The van der Waals surface area contributed by atoms with Gasteiger partial charge in [-0.05, 0) is 12.5 Å². The summed E-state index contributed by atoms with van der Waals surface area (Å²) in [5.74, 6) is -0.374. The minimum atomic E-state index is -1.10. The Morgan fingerprint density at radius 2 is 1.94 bits per heavy atom. The van der Waals surface area contributed by atoms with E-state index in [1.807, 2.05) is 30.3 Å². The molecule has 2 rings (SSSR count). The summed E-state index contributed by atoms with van der Waals surface area (Å²) in [7, 11) is 0.